The van der Waals surface area contributed by atoms with Gasteiger partial charge in [0.2, 0.25) is 5.91 Å². The van der Waals surface area contributed by atoms with Gasteiger partial charge in [-0.15, -0.1) is 0 Å². The van der Waals surface area contributed by atoms with Crippen molar-refractivity contribution in [1.29, 1.82) is 0 Å². The van der Waals surface area contributed by atoms with Crippen LogP contribution in [0.25, 0.3) is 0 Å². The monoisotopic (exact) mass is 293 g/mol. The minimum Gasteiger partial charge on any atom is -0.494 e. The molecule has 1 aromatic rings. The summed E-state index contributed by atoms with van der Waals surface area (Å²) in [7, 11) is 0. The molecule has 0 bridgehead atoms. The molecule has 2 rings (SSSR count). The largest absolute Gasteiger partial charge is 0.494 e. The number of likely N-dealkylation sites (tertiary alicyclic amines) is 1. The van der Waals surface area contributed by atoms with Crippen molar-refractivity contribution in [3.05, 3.63) is 29.8 Å². The molecule has 1 aliphatic rings. The summed E-state index contributed by atoms with van der Waals surface area (Å²) in [5.74, 6) is 2.30. The summed E-state index contributed by atoms with van der Waals surface area (Å²) in [4.78, 5) is 14.0. The molecule has 2 atom stereocenters. The zero-order valence-corrected chi connectivity index (χ0v) is 13.1. The van der Waals surface area contributed by atoms with Crippen LogP contribution < -0.4 is 4.74 Å². The van der Waals surface area contributed by atoms with Gasteiger partial charge in [-0.3, -0.25) is 4.79 Å². The van der Waals surface area contributed by atoms with Gasteiger partial charge in [0, 0.05) is 13.0 Å². The zero-order valence-electron chi connectivity index (χ0n) is 12.2. The Morgan fingerprint density at radius 1 is 1.40 bits per heavy atom. The number of hydrogen-bond donors (Lipinski definition) is 1. The minimum atomic E-state index is 0.118. The molecule has 0 aliphatic carbocycles. The summed E-state index contributed by atoms with van der Waals surface area (Å²) < 4.78 is 5.58. The van der Waals surface area contributed by atoms with Crippen molar-refractivity contribution >= 4 is 18.5 Å². The van der Waals surface area contributed by atoms with E-state index in [2.05, 4.69) is 38.6 Å². The maximum absolute atomic E-state index is 12.0. The fraction of sp³-hybridized carbons (Fsp3) is 0.562. The van der Waals surface area contributed by atoms with E-state index in [1.54, 1.807) is 0 Å². The summed E-state index contributed by atoms with van der Waals surface area (Å²) in [6.45, 7) is 5.73. The number of hydrogen-bond acceptors (Lipinski definition) is 3. The lowest BCUT2D eigenvalue weighted by atomic mass is 10.1. The van der Waals surface area contributed by atoms with Crippen molar-refractivity contribution in [2.45, 2.75) is 32.7 Å². The molecule has 110 valence electrons. The molecule has 1 aliphatic heterocycles. The Balaban J connectivity index is 2.02. The SMILES string of the molecule is CCCOc1ccc(C(C)N2CC(CS)CC2=O)cc1. The van der Waals surface area contributed by atoms with Crippen LogP contribution in [-0.4, -0.2) is 29.7 Å². The molecule has 0 radical (unpaired) electrons. The Hall–Kier alpha value is -1.16. The summed E-state index contributed by atoms with van der Waals surface area (Å²) in [5, 5.41) is 0. The van der Waals surface area contributed by atoms with Crippen molar-refractivity contribution in [1.82, 2.24) is 4.90 Å². The number of amides is 1. The number of benzene rings is 1. The highest BCUT2D eigenvalue weighted by molar-refractivity contribution is 7.80. The first-order valence-corrected chi connectivity index (χ1v) is 7.92. The van der Waals surface area contributed by atoms with Gasteiger partial charge in [-0.1, -0.05) is 19.1 Å². The van der Waals surface area contributed by atoms with Gasteiger partial charge < -0.3 is 9.64 Å². The van der Waals surface area contributed by atoms with Crippen molar-refractivity contribution in [3.63, 3.8) is 0 Å². The second kappa shape index (κ2) is 7.02. The van der Waals surface area contributed by atoms with Crippen molar-refractivity contribution in [3.8, 4) is 5.75 Å². The molecule has 1 fully saturated rings. The molecule has 0 N–H and O–H groups in total. The average Bonchev–Trinajstić information content (AvgIpc) is 2.86. The summed E-state index contributed by atoms with van der Waals surface area (Å²) in [5.41, 5.74) is 1.15. The van der Waals surface area contributed by atoms with E-state index in [1.807, 2.05) is 17.0 Å². The van der Waals surface area contributed by atoms with Crippen LogP contribution in [0, 0.1) is 5.92 Å². The highest BCUT2D eigenvalue weighted by Crippen LogP contribution is 2.29. The van der Waals surface area contributed by atoms with Crippen LogP contribution in [0.4, 0.5) is 0 Å². The van der Waals surface area contributed by atoms with E-state index in [9.17, 15) is 4.79 Å². The van der Waals surface area contributed by atoms with Gasteiger partial charge in [-0.05, 0) is 42.7 Å². The summed E-state index contributed by atoms with van der Waals surface area (Å²) in [6, 6.07) is 8.19. The number of thiol groups is 1. The van der Waals surface area contributed by atoms with E-state index in [-0.39, 0.29) is 11.9 Å². The highest BCUT2D eigenvalue weighted by Gasteiger charge is 2.32. The molecular weight excluding hydrogens is 270 g/mol. The molecule has 3 nitrogen and oxygen atoms in total. The maximum Gasteiger partial charge on any atom is 0.223 e. The molecule has 1 amide bonds. The molecular formula is C16H23NO2S. The smallest absolute Gasteiger partial charge is 0.223 e. The molecule has 1 aromatic carbocycles. The lowest BCUT2D eigenvalue weighted by Crippen LogP contribution is -2.28. The van der Waals surface area contributed by atoms with E-state index in [0.717, 1.165) is 36.6 Å². The van der Waals surface area contributed by atoms with E-state index >= 15 is 0 Å². The predicted octanol–water partition coefficient (Wildman–Crippen LogP) is 3.31. The van der Waals surface area contributed by atoms with Crippen LogP contribution in [0.15, 0.2) is 24.3 Å². The average molecular weight is 293 g/mol. The third-order valence-electron chi connectivity index (χ3n) is 3.80. The van der Waals surface area contributed by atoms with Gasteiger partial charge >= 0.3 is 0 Å². The first-order valence-electron chi connectivity index (χ1n) is 7.28. The number of rotatable bonds is 6. The van der Waals surface area contributed by atoms with Gasteiger partial charge in [-0.2, -0.15) is 12.6 Å². The van der Waals surface area contributed by atoms with E-state index in [0.29, 0.717) is 12.3 Å². The first kappa shape index (κ1) is 15.2. The van der Waals surface area contributed by atoms with Crippen LogP contribution in [0.5, 0.6) is 5.75 Å². The van der Waals surface area contributed by atoms with Gasteiger partial charge in [0.05, 0.1) is 12.6 Å². The van der Waals surface area contributed by atoms with Crippen molar-refractivity contribution in [2.75, 3.05) is 18.9 Å². The molecule has 0 saturated carbocycles. The Morgan fingerprint density at radius 2 is 2.10 bits per heavy atom. The predicted molar refractivity (Wildman–Crippen MR) is 84.3 cm³/mol. The standard InChI is InChI=1S/C16H23NO2S/c1-3-8-19-15-6-4-14(5-7-15)12(2)17-10-13(11-20)9-16(17)18/h4-7,12-13,20H,3,8-11H2,1-2H3. The Morgan fingerprint density at radius 3 is 2.65 bits per heavy atom. The van der Waals surface area contributed by atoms with Crippen LogP contribution in [0.2, 0.25) is 0 Å². The molecule has 0 spiro atoms. The molecule has 20 heavy (non-hydrogen) atoms. The third kappa shape index (κ3) is 3.48. The first-order chi connectivity index (χ1) is 9.65. The summed E-state index contributed by atoms with van der Waals surface area (Å²) >= 11 is 4.30. The van der Waals surface area contributed by atoms with Gasteiger partial charge in [0.15, 0.2) is 0 Å². The Kier molecular flexibility index (Phi) is 5.35. The fourth-order valence-electron chi connectivity index (χ4n) is 2.55. The normalized spacial score (nSPS) is 20.2. The van der Waals surface area contributed by atoms with Crippen LogP contribution in [-0.2, 0) is 4.79 Å². The number of carbonyl (C=O) groups is 1. The highest BCUT2D eigenvalue weighted by atomic mass is 32.1. The van der Waals surface area contributed by atoms with Gasteiger partial charge in [0.25, 0.3) is 0 Å². The topological polar surface area (TPSA) is 29.5 Å². The zero-order chi connectivity index (χ0) is 14.5. The molecule has 2 unspecified atom stereocenters. The quantitative estimate of drug-likeness (QED) is 0.815. The second-order valence-electron chi connectivity index (χ2n) is 5.39. The molecule has 4 heteroatoms. The Bertz CT molecular complexity index is 446. The van der Waals surface area contributed by atoms with Crippen LogP contribution in [0.3, 0.4) is 0 Å². The van der Waals surface area contributed by atoms with E-state index in [1.165, 1.54) is 0 Å². The Labute approximate surface area is 126 Å². The van der Waals surface area contributed by atoms with Crippen LogP contribution in [0.1, 0.15) is 38.3 Å². The number of ether oxygens (including phenoxy) is 1. The minimum absolute atomic E-state index is 0.118. The maximum atomic E-state index is 12.0. The fourth-order valence-corrected chi connectivity index (χ4v) is 2.79. The molecule has 1 saturated heterocycles. The lowest BCUT2D eigenvalue weighted by molar-refractivity contribution is -0.129. The lowest BCUT2D eigenvalue weighted by Gasteiger charge is -2.25. The van der Waals surface area contributed by atoms with Gasteiger partial charge in [0.1, 0.15) is 5.75 Å². The second-order valence-corrected chi connectivity index (χ2v) is 5.76. The summed E-state index contributed by atoms with van der Waals surface area (Å²) in [6.07, 6.45) is 1.64. The van der Waals surface area contributed by atoms with Crippen LogP contribution >= 0.6 is 12.6 Å². The van der Waals surface area contributed by atoms with Crippen molar-refractivity contribution < 1.29 is 9.53 Å². The molecule has 0 aromatic heterocycles. The number of carbonyl (C=O) groups excluding carboxylic acids is 1. The van der Waals surface area contributed by atoms with Gasteiger partial charge in [-0.25, -0.2) is 0 Å². The third-order valence-corrected chi connectivity index (χ3v) is 4.32. The van der Waals surface area contributed by atoms with Crippen molar-refractivity contribution in [2.24, 2.45) is 5.92 Å². The van der Waals surface area contributed by atoms with E-state index < -0.39 is 0 Å². The number of nitrogens with zero attached hydrogens (tertiary/aromatic N) is 1. The molecule has 1 heterocycles. The van der Waals surface area contributed by atoms with E-state index in [4.69, 9.17) is 4.74 Å².